The third kappa shape index (κ3) is 3.99. The number of fused-ring (bicyclic) bond motifs is 1. The molecule has 6 heteroatoms. The lowest BCUT2D eigenvalue weighted by Gasteiger charge is -2.08. The highest BCUT2D eigenvalue weighted by atomic mass is 16.1. The van der Waals surface area contributed by atoms with Crippen molar-refractivity contribution in [1.29, 1.82) is 0 Å². The van der Waals surface area contributed by atoms with Gasteiger partial charge in [-0.2, -0.15) is 0 Å². The van der Waals surface area contributed by atoms with E-state index in [4.69, 9.17) is 4.98 Å². The Bertz CT molecular complexity index is 1260. The Morgan fingerprint density at radius 3 is 2.86 bits per heavy atom. The van der Waals surface area contributed by atoms with Crippen molar-refractivity contribution in [2.75, 3.05) is 5.32 Å². The van der Waals surface area contributed by atoms with Crippen molar-refractivity contribution in [2.24, 2.45) is 0 Å². The summed E-state index contributed by atoms with van der Waals surface area (Å²) in [5.74, 6) is 5.39. The molecule has 4 rings (SSSR count). The Kier molecular flexibility index (Phi) is 5.04. The van der Waals surface area contributed by atoms with Crippen molar-refractivity contribution in [1.82, 2.24) is 19.5 Å². The molecule has 0 bridgehead atoms. The number of nitrogens with one attached hydrogen (secondary N) is 1. The van der Waals surface area contributed by atoms with Crippen LogP contribution in [0.25, 0.3) is 16.9 Å². The zero-order valence-electron chi connectivity index (χ0n) is 16.2. The van der Waals surface area contributed by atoms with Gasteiger partial charge in [0.25, 0.3) is 5.91 Å². The first-order valence-corrected chi connectivity index (χ1v) is 9.20. The number of hydrogen-bond donors (Lipinski definition) is 1. The minimum Gasteiger partial charge on any atom is -0.315 e. The van der Waals surface area contributed by atoms with Crippen LogP contribution in [0.1, 0.15) is 23.7 Å². The third-order valence-corrected chi connectivity index (χ3v) is 4.60. The molecule has 0 aliphatic carbocycles. The Balaban J connectivity index is 1.68. The van der Waals surface area contributed by atoms with Gasteiger partial charge in [-0.05, 0) is 49.1 Å². The van der Waals surface area contributed by atoms with Gasteiger partial charge in [0, 0.05) is 18.3 Å². The Morgan fingerprint density at radius 1 is 1.17 bits per heavy atom. The Morgan fingerprint density at radius 2 is 2.03 bits per heavy atom. The van der Waals surface area contributed by atoms with E-state index < -0.39 is 0 Å². The number of carbonyl (C=O) groups excluding carboxylic acids is 1. The van der Waals surface area contributed by atoms with E-state index >= 15 is 0 Å². The van der Waals surface area contributed by atoms with Gasteiger partial charge in [0.05, 0.1) is 22.9 Å². The van der Waals surface area contributed by atoms with Gasteiger partial charge in [-0.15, -0.1) is 0 Å². The van der Waals surface area contributed by atoms with Crippen LogP contribution in [0.5, 0.6) is 0 Å². The molecule has 29 heavy (non-hydrogen) atoms. The zero-order valence-corrected chi connectivity index (χ0v) is 16.2. The summed E-state index contributed by atoms with van der Waals surface area (Å²) in [5.41, 5.74) is 5.60. The number of anilines is 1. The predicted octanol–water partition coefficient (Wildman–Crippen LogP) is 3.68. The number of aryl methyl sites for hydroxylation is 1. The molecule has 0 radical (unpaired) electrons. The van der Waals surface area contributed by atoms with E-state index in [1.54, 1.807) is 31.7 Å². The summed E-state index contributed by atoms with van der Waals surface area (Å²) in [5, 5.41) is 2.76. The van der Waals surface area contributed by atoms with E-state index in [1.807, 2.05) is 28.8 Å². The van der Waals surface area contributed by atoms with E-state index in [2.05, 4.69) is 46.2 Å². The fourth-order valence-electron chi connectivity index (χ4n) is 3.14. The second kappa shape index (κ2) is 7.95. The molecule has 0 unspecified atom stereocenters. The Hall–Kier alpha value is -3.98. The molecule has 0 fully saturated rings. The number of benzene rings is 2. The van der Waals surface area contributed by atoms with Gasteiger partial charge in [0.15, 0.2) is 5.82 Å². The highest BCUT2D eigenvalue weighted by Gasteiger charge is 2.10. The molecule has 1 amide bonds. The normalized spacial score (nSPS) is 10.4. The molecule has 142 valence electrons. The van der Waals surface area contributed by atoms with Crippen molar-refractivity contribution >= 4 is 22.6 Å². The first-order valence-electron chi connectivity index (χ1n) is 9.20. The van der Waals surface area contributed by atoms with Crippen LogP contribution in [-0.4, -0.2) is 25.4 Å². The first-order chi connectivity index (χ1) is 14.1. The molecule has 0 spiro atoms. The van der Waals surface area contributed by atoms with Crippen molar-refractivity contribution in [3.05, 3.63) is 78.0 Å². The molecule has 1 N–H and O–H groups in total. The summed E-state index contributed by atoms with van der Waals surface area (Å²) in [6.45, 7) is 3.72. The topological polar surface area (TPSA) is 72.7 Å². The van der Waals surface area contributed by atoms with Gasteiger partial charge in [0.2, 0.25) is 0 Å². The van der Waals surface area contributed by atoms with Crippen LogP contribution >= 0.6 is 0 Å². The van der Waals surface area contributed by atoms with Gasteiger partial charge in [-0.25, -0.2) is 9.97 Å². The molecular weight excluding hydrogens is 362 g/mol. The molecule has 0 saturated heterocycles. The minimum atomic E-state index is -0.349. The maximum atomic E-state index is 11.8. The van der Waals surface area contributed by atoms with E-state index in [0.717, 1.165) is 16.7 Å². The molecule has 2 heterocycles. The van der Waals surface area contributed by atoms with Gasteiger partial charge >= 0.3 is 0 Å². The number of carbonyl (C=O) groups is 1. The number of rotatable bonds is 4. The minimum absolute atomic E-state index is 0.349. The van der Waals surface area contributed by atoms with Crippen molar-refractivity contribution in [3.8, 4) is 17.7 Å². The number of imidazole rings is 1. The second-order valence-electron chi connectivity index (χ2n) is 6.62. The van der Waals surface area contributed by atoms with Crippen LogP contribution in [0.2, 0.25) is 0 Å². The summed E-state index contributed by atoms with van der Waals surface area (Å²) < 4.78 is 1.87. The van der Waals surface area contributed by atoms with E-state index in [0.29, 0.717) is 17.9 Å². The number of nitrogens with zero attached hydrogens (tertiary/aromatic N) is 4. The van der Waals surface area contributed by atoms with Gasteiger partial charge < -0.3 is 5.32 Å². The summed E-state index contributed by atoms with van der Waals surface area (Å²) in [7, 11) is 0. The smallest absolute Gasteiger partial charge is 0.300 e. The lowest BCUT2D eigenvalue weighted by molar-refractivity contribution is -0.111. The molecule has 6 nitrogen and oxygen atoms in total. The molecule has 2 aromatic heterocycles. The maximum absolute atomic E-state index is 11.8. The molecular formula is C23H19N5O. The quantitative estimate of drug-likeness (QED) is 0.548. The highest BCUT2D eigenvalue weighted by Crippen LogP contribution is 2.21. The number of aromatic nitrogens is 4. The van der Waals surface area contributed by atoms with Crippen LogP contribution in [0.15, 0.2) is 61.2 Å². The number of hydrogen-bond acceptors (Lipinski definition) is 4. The second-order valence-corrected chi connectivity index (χ2v) is 6.62. The van der Waals surface area contributed by atoms with Gasteiger partial charge in [-0.3, -0.25) is 14.3 Å². The van der Waals surface area contributed by atoms with Crippen LogP contribution in [-0.2, 0) is 11.2 Å². The SMILES string of the molecule is CC#CC(=O)Nc1ccc2ncn(-c3cncc(Cc4ccccc4C)n3)c2c1. The fourth-order valence-corrected chi connectivity index (χ4v) is 3.14. The standard InChI is InChI=1S/C23H19N5O/c1-3-6-23(29)27-18-9-10-20-21(12-18)28(15-25-20)22-14-24-13-19(26-22)11-17-8-5-4-7-16(17)2/h4-5,7-10,12-15H,11H2,1-2H3,(H,27,29). The summed E-state index contributed by atoms with van der Waals surface area (Å²) >= 11 is 0. The van der Waals surface area contributed by atoms with E-state index in [9.17, 15) is 4.79 Å². The molecule has 4 aromatic rings. The summed E-state index contributed by atoms with van der Waals surface area (Å²) in [6.07, 6.45) is 5.90. The fraction of sp³-hybridized carbons (Fsp3) is 0.130. The average Bonchev–Trinajstić information content (AvgIpc) is 3.13. The lowest BCUT2D eigenvalue weighted by Crippen LogP contribution is -2.08. The first kappa shape index (κ1) is 18.4. The third-order valence-electron chi connectivity index (χ3n) is 4.60. The lowest BCUT2D eigenvalue weighted by atomic mass is 10.0. The van der Waals surface area contributed by atoms with Crippen LogP contribution in [0.4, 0.5) is 5.69 Å². The number of amides is 1. The van der Waals surface area contributed by atoms with Crippen molar-refractivity contribution < 1.29 is 4.79 Å². The maximum Gasteiger partial charge on any atom is 0.300 e. The predicted molar refractivity (Wildman–Crippen MR) is 113 cm³/mol. The largest absolute Gasteiger partial charge is 0.315 e. The van der Waals surface area contributed by atoms with E-state index in [-0.39, 0.29) is 5.91 Å². The van der Waals surface area contributed by atoms with Crippen molar-refractivity contribution in [3.63, 3.8) is 0 Å². The van der Waals surface area contributed by atoms with Crippen LogP contribution < -0.4 is 5.32 Å². The summed E-state index contributed by atoms with van der Waals surface area (Å²) in [6, 6.07) is 13.8. The molecule has 0 saturated carbocycles. The van der Waals surface area contributed by atoms with E-state index in [1.165, 1.54) is 11.1 Å². The average molecular weight is 381 g/mol. The van der Waals surface area contributed by atoms with Gasteiger partial charge in [0.1, 0.15) is 6.33 Å². The molecule has 0 aliphatic heterocycles. The molecule has 2 aromatic carbocycles. The highest BCUT2D eigenvalue weighted by molar-refractivity contribution is 6.04. The molecule has 0 atom stereocenters. The van der Waals surface area contributed by atoms with Crippen LogP contribution in [0, 0.1) is 18.8 Å². The zero-order chi connectivity index (χ0) is 20.2. The van der Waals surface area contributed by atoms with Crippen molar-refractivity contribution in [2.45, 2.75) is 20.3 Å². The van der Waals surface area contributed by atoms with Gasteiger partial charge in [-0.1, -0.05) is 30.2 Å². The molecule has 0 aliphatic rings. The Labute approximate surface area is 168 Å². The monoisotopic (exact) mass is 381 g/mol. The summed E-state index contributed by atoms with van der Waals surface area (Å²) in [4.78, 5) is 25.3. The van der Waals surface area contributed by atoms with Crippen LogP contribution in [0.3, 0.4) is 0 Å².